The summed E-state index contributed by atoms with van der Waals surface area (Å²) in [5, 5.41) is 1.05. The number of hydrogen-bond acceptors (Lipinski definition) is 5. The molecule has 0 spiro atoms. The van der Waals surface area contributed by atoms with E-state index in [0.717, 1.165) is 53.7 Å². The normalized spacial score (nSPS) is 17.8. The van der Waals surface area contributed by atoms with Gasteiger partial charge < -0.3 is 4.90 Å². The lowest BCUT2D eigenvalue weighted by Gasteiger charge is -2.17. The Morgan fingerprint density at radius 2 is 1.69 bits per heavy atom. The molecule has 1 saturated heterocycles. The molecular weight excluding hydrogens is 442 g/mol. The van der Waals surface area contributed by atoms with Gasteiger partial charge in [0, 0.05) is 17.7 Å². The summed E-state index contributed by atoms with van der Waals surface area (Å²) in [7, 11) is 0. The highest BCUT2D eigenvalue weighted by molar-refractivity contribution is 8.26. The molecule has 0 aromatic heterocycles. The van der Waals surface area contributed by atoms with E-state index in [0.29, 0.717) is 17.7 Å². The maximum atomic E-state index is 13.4. The summed E-state index contributed by atoms with van der Waals surface area (Å²) in [6.07, 6.45) is 4.18. The first-order valence-electron chi connectivity index (χ1n) is 10.6. The minimum Gasteiger partial charge on any atom is -0.308 e. The molecule has 3 amide bonds. The highest BCUT2D eigenvalue weighted by atomic mass is 32.2. The predicted octanol–water partition coefficient (Wildman–Crippen LogP) is 4.53. The largest absolute Gasteiger partial charge is 0.308 e. The van der Waals surface area contributed by atoms with Crippen molar-refractivity contribution in [3.05, 3.63) is 70.6 Å². The molecule has 0 unspecified atom stereocenters. The smallest absolute Gasteiger partial charge is 0.286 e. The van der Waals surface area contributed by atoms with E-state index in [9.17, 15) is 14.4 Å². The summed E-state index contributed by atoms with van der Waals surface area (Å²) in [6, 6.07) is 16.1. The number of nitrogens with zero attached hydrogens (tertiary/aromatic N) is 2. The molecule has 1 N–H and O–H groups in total. The van der Waals surface area contributed by atoms with Gasteiger partial charge in [-0.15, -0.1) is 0 Å². The summed E-state index contributed by atoms with van der Waals surface area (Å²) in [5.41, 5.74) is 4.87. The molecule has 164 valence electrons. The lowest BCUT2D eigenvalue weighted by molar-refractivity contribution is -0.124. The number of anilines is 1. The second kappa shape index (κ2) is 9.67. The molecule has 2 aliphatic heterocycles. The molecular formula is C24H23N3O3S2. The highest BCUT2D eigenvalue weighted by Crippen LogP contribution is 2.44. The van der Waals surface area contributed by atoms with Gasteiger partial charge in [-0.3, -0.25) is 19.8 Å². The molecule has 32 heavy (non-hydrogen) atoms. The number of benzene rings is 2. The number of para-hydroxylation sites is 1. The van der Waals surface area contributed by atoms with Crippen LogP contribution in [0.2, 0.25) is 0 Å². The fraction of sp³-hybridized carbons (Fsp3) is 0.250. The van der Waals surface area contributed by atoms with Crippen LogP contribution in [0.3, 0.4) is 0 Å². The van der Waals surface area contributed by atoms with Crippen molar-refractivity contribution in [2.75, 3.05) is 11.4 Å². The van der Waals surface area contributed by atoms with E-state index < -0.39 is 11.8 Å². The van der Waals surface area contributed by atoms with Crippen molar-refractivity contribution in [2.45, 2.75) is 32.6 Å². The van der Waals surface area contributed by atoms with Crippen molar-refractivity contribution in [2.24, 2.45) is 0 Å². The van der Waals surface area contributed by atoms with E-state index in [2.05, 4.69) is 12.3 Å². The minimum absolute atomic E-state index is 0.188. The number of hydrazine groups is 1. The number of nitrogens with one attached hydrogen (secondary N) is 1. The number of hydrogen-bond donors (Lipinski definition) is 1. The third-order valence-corrected chi connectivity index (χ3v) is 6.78. The van der Waals surface area contributed by atoms with Crippen molar-refractivity contribution in [1.29, 1.82) is 0 Å². The summed E-state index contributed by atoms with van der Waals surface area (Å²) in [5.74, 6) is -1.13. The predicted molar refractivity (Wildman–Crippen MR) is 131 cm³/mol. The fourth-order valence-electron chi connectivity index (χ4n) is 3.79. The molecule has 0 bridgehead atoms. The van der Waals surface area contributed by atoms with Crippen molar-refractivity contribution in [3.8, 4) is 0 Å². The molecule has 2 heterocycles. The molecule has 6 nitrogen and oxygen atoms in total. The summed E-state index contributed by atoms with van der Waals surface area (Å²) < 4.78 is 0.188. The fourth-order valence-corrected chi connectivity index (χ4v) is 5.04. The Labute approximate surface area is 196 Å². The Morgan fingerprint density at radius 3 is 2.44 bits per heavy atom. The van der Waals surface area contributed by atoms with E-state index in [1.54, 1.807) is 35.2 Å². The van der Waals surface area contributed by atoms with Gasteiger partial charge in [-0.2, -0.15) is 5.01 Å². The number of carbonyl (C=O) groups excluding carboxylic acids is 3. The van der Waals surface area contributed by atoms with Crippen LogP contribution >= 0.6 is 24.0 Å². The first-order valence-corrected chi connectivity index (χ1v) is 11.8. The Hall–Kier alpha value is -2.97. The summed E-state index contributed by atoms with van der Waals surface area (Å²) >= 11 is 6.40. The number of thioether (sulfide) groups is 1. The topological polar surface area (TPSA) is 69.7 Å². The van der Waals surface area contributed by atoms with Gasteiger partial charge in [-0.25, -0.2) is 0 Å². The van der Waals surface area contributed by atoms with Gasteiger partial charge in [-0.05, 0) is 36.8 Å². The number of fused-ring (bicyclic) bond motifs is 1. The third-order valence-electron chi connectivity index (χ3n) is 5.40. The van der Waals surface area contributed by atoms with Crippen molar-refractivity contribution < 1.29 is 14.4 Å². The number of rotatable bonds is 7. The van der Waals surface area contributed by atoms with Crippen LogP contribution in [0.15, 0.2) is 59.5 Å². The van der Waals surface area contributed by atoms with Gasteiger partial charge in [-0.1, -0.05) is 74.3 Å². The zero-order valence-corrected chi connectivity index (χ0v) is 19.3. The molecule has 1 fully saturated rings. The van der Waals surface area contributed by atoms with Crippen LogP contribution in [-0.4, -0.2) is 33.6 Å². The van der Waals surface area contributed by atoms with E-state index in [1.165, 1.54) is 0 Å². The number of unbranched alkanes of at least 4 members (excludes halogenated alkanes) is 3. The van der Waals surface area contributed by atoms with Crippen molar-refractivity contribution in [3.63, 3.8) is 0 Å². The summed E-state index contributed by atoms with van der Waals surface area (Å²) in [6.45, 7) is 2.75. The number of thiocarbonyl (C=S) groups is 1. The average molecular weight is 466 g/mol. The van der Waals surface area contributed by atoms with E-state index >= 15 is 0 Å². The van der Waals surface area contributed by atoms with Gasteiger partial charge >= 0.3 is 0 Å². The second-order valence-electron chi connectivity index (χ2n) is 7.55. The monoisotopic (exact) mass is 465 g/mol. The Kier molecular flexibility index (Phi) is 6.72. The minimum atomic E-state index is -0.490. The molecule has 0 saturated carbocycles. The zero-order valence-electron chi connectivity index (χ0n) is 17.7. The molecule has 0 atom stereocenters. The van der Waals surface area contributed by atoms with Crippen LogP contribution in [0.25, 0.3) is 5.57 Å². The standard InChI is InChI=1S/C24H23N3O3S2/c1-2-3-4-10-15-26-18-14-9-8-13-17(18)19(22(26)29)20-23(30)27(24(31)32-20)25-21(28)16-11-6-5-7-12-16/h5-9,11-14H,2-4,10,15H2,1H3,(H,25,28). The third kappa shape index (κ3) is 4.20. The van der Waals surface area contributed by atoms with Crippen molar-refractivity contribution in [1.82, 2.24) is 10.4 Å². The highest BCUT2D eigenvalue weighted by Gasteiger charge is 2.42. The van der Waals surface area contributed by atoms with Crippen LogP contribution < -0.4 is 10.3 Å². The summed E-state index contributed by atoms with van der Waals surface area (Å²) in [4.78, 5) is 41.1. The van der Waals surface area contributed by atoms with Gasteiger partial charge in [0.1, 0.15) is 0 Å². The van der Waals surface area contributed by atoms with Crippen LogP contribution in [-0.2, 0) is 9.59 Å². The maximum absolute atomic E-state index is 13.4. The maximum Gasteiger partial charge on any atom is 0.286 e. The lowest BCUT2D eigenvalue weighted by atomic mass is 10.1. The van der Waals surface area contributed by atoms with Crippen molar-refractivity contribution >= 4 is 57.3 Å². The average Bonchev–Trinajstić information content (AvgIpc) is 3.24. The van der Waals surface area contributed by atoms with Crippen LogP contribution in [0.4, 0.5) is 5.69 Å². The molecule has 8 heteroatoms. The Bertz CT molecular complexity index is 1110. The van der Waals surface area contributed by atoms with E-state index in [1.807, 2.05) is 24.3 Å². The van der Waals surface area contributed by atoms with Gasteiger partial charge in [0.15, 0.2) is 4.32 Å². The van der Waals surface area contributed by atoms with Crippen LogP contribution in [0.1, 0.15) is 48.5 Å². The molecule has 0 aliphatic carbocycles. The first kappa shape index (κ1) is 22.2. The molecule has 2 aromatic carbocycles. The van der Waals surface area contributed by atoms with Gasteiger partial charge in [0.25, 0.3) is 17.7 Å². The van der Waals surface area contributed by atoms with Gasteiger partial charge in [0.2, 0.25) is 0 Å². The van der Waals surface area contributed by atoms with E-state index in [4.69, 9.17) is 12.2 Å². The van der Waals surface area contributed by atoms with Crippen LogP contribution in [0.5, 0.6) is 0 Å². The van der Waals surface area contributed by atoms with Crippen LogP contribution in [0, 0.1) is 0 Å². The quantitative estimate of drug-likeness (QED) is 0.370. The van der Waals surface area contributed by atoms with E-state index in [-0.39, 0.29) is 15.1 Å². The second-order valence-corrected chi connectivity index (χ2v) is 9.20. The molecule has 2 aliphatic rings. The Morgan fingerprint density at radius 1 is 0.969 bits per heavy atom. The first-order chi connectivity index (χ1) is 15.5. The Balaban J connectivity index is 1.61. The lowest BCUT2D eigenvalue weighted by Crippen LogP contribution is -2.45. The number of carbonyl (C=O) groups is 3. The SMILES string of the molecule is CCCCCCN1C(=O)C(=C2SC(=S)N(NC(=O)c3ccccc3)C2=O)c2ccccc21. The zero-order chi connectivity index (χ0) is 22.7. The van der Waals surface area contributed by atoms with Gasteiger partial charge in [0.05, 0.1) is 16.2 Å². The molecule has 0 radical (unpaired) electrons. The number of amides is 3. The molecule has 4 rings (SSSR count). The molecule has 2 aromatic rings.